The van der Waals surface area contributed by atoms with E-state index < -0.39 is 34.3 Å². The molecule has 2 N–H and O–H groups in total. The maximum absolute atomic E-state index is 14.2. The minimum absolute atomic E-state index is 0.145. The van der Waals surface area contributed by atoms with Gasteiger partial charge in [-0.2, -0.15) is 13.2 Å². The Bertz CT molecular complexity index is 967. The highest BCUT2D eigenvalue weighted by Crippen LogP contribution is 2.44. The summed E-state index contributed by atoms with van der Waals surface area (Å²) < 4.78 is 53.6. The molecular formula is C18H15ClF4N3O2+. The summed E-state index contributed by atoms with van der Waals surface area (Å²) in [5.41, 5.74) is 0.105. The van der Waals surface area contributed by atoms with E-state index in [0.29, 0.717) is 12.8 Å². The number of pyridine rings is 1. The standard InChI is InChI=1S/C18H14ClF4N3O2/c19-13-7-15(14(20)6-12(13)18(21,22)23)24-17(27)26-10-1-2-16(26)11-3-4-25(28)8-9(11)5-10/h3-4,6-8,10,16H,1-2,5H2,(H-,24,27,28)/p+1/t10-,16+/m0/s1. The van der Waals surface area contributed by atoms with Gasteiger partial charge in [0.25, 0.3) is 0 Å². The van der Waals surface area contributed by atoms with Crippen LogP contribution in [0.3, 0.4) is 0 Å². The Morgan fingerprint density at radius 1 is 1.32 bits per heavy atom. The summed E-state index contributed by atoms with van der Waals surface area (Å²) >= 11 is 5.63. The second-order valence-electron chi connectivity index (χ2n) is 6.90. The highest BCUT2D eigenvalue weighted by atomic mass is 35.5. The first-order chi connectivity index (χ1) is 13.1. The van der Waals surface area contributed by atoms with Gasteiger partial charge in [0.15, 0.2) is 0 Å². The summed E-state index contributed by atoms with van der Waals surface area (Å²) in [6.07, 6.45) is 0.218. The molecule has 5 nitrogen and oxygen atoms in total. The Balaban J connectivity index is 1.60. The molecule has 2 aliphatic heterocycles. The summed E-state index contributed by atoms with van der Waals surface area (Å²) in [5.74, 6) is -1.21. The molecule has 2 atom stereocenters. The zero-order valence-corrected chi connectivity index (χ0v) is 15.1. The number of nitrogens with zero attached hydrogens (tertiary/aromatic N) is 2. The Kier molecular flexibility index (Phi) is 4.37. The second-order valence-corrected chi connectivity index (χ2v) is 7.31. The third-order valence-electron chi connectivity index (χ3n) is 5.22. The number of benzene rings is 1. The van der Waals surface area contributed by atoms with Gasteiger partial charge in [0.05, 0.1) is 22.3 Å². The number of amides is 2. The molecule has 0 saturated carbocycles. The second kappa shape index (κ2) is 6.51. The number of fused-ring (bicyclic) bond motifs is 4. The molecule has 28 heavy (non-hydrogen) atoms. The van der Waals surface area contributed by atoms with Crippen molar-refractivity contribution in [3.8, 4) is 0 Å². The molecule has 148 valence electrons. The van der Waals surface area contributed by atoms with Gasteiger partial charge in [-0.3, -0.25) is 5.21 Å². The van der Waals surface area contributed by atoms with Gasteiger partial charge in [-0.25, -0.2) is 9.18 Å². The number of carbonyl (C=O) groups is 1. The smallest absolute Gasteiger partial charge is 0.314 e. The SMILES string of the molecule is O=C(Nc1cc(Cl)c(C(F)(F)F)cc1F)N1[C@H]2CC[C@@H]1c1cc[n+](O)cc1C2. The molecule has 2 amide bonds. The van der Waals surface area contributed by atoms with Gasteiger partial charge in [0, 0.05) is 22.4 Å². The summed E-state index contributed by atoms with van der Waals surface area (Å²) in [6, 6.07) is 1.77. The summed E-state index contributed by atoms with van der Waals surface area (Å²) in [6.45, 7) is 0. The maximum Gasteiger partial charge on any atom is 0.417 e. The van der Waals surface area contributed by atoms with Crippen molar-refractivity contribution in [3.05, 3.63) is 58.1 Å². The van der Waals surface area contributed by atoms with E-state index in [1.807, 2.05) is 0 Å². The first-order valence-corrected chi connectivity index (χ1v) is 8.92. The van der Waals surface area contributed by atoms with Crippen LogP contribution in [0, 0.1) is 5.82 Å². The quantitative estimate of drug-likeness (QED) is 0.413. The number of carbonyl (C=O) groups excluding carboxylic acids is 1. The van der Waals surface area contributed by atoms with E-state index in [9.17, 15) is 27.6 Å². The van der Waals surface area contributed by atoms with E-state index in [2.05, 4.69) is 5.32 Å². The third kappa shape index (κ3) is 3.13. The molecule has 2 aromatic rings. The van der Waals surface area contributed by atoms with Gasteiger partial charge >= 0.3 is 12.2 Å². The van der Waals surface area contributed by atoms with Crippen molar-refractivity contribution in [2.45, 2.75) is 37.5 Å². The zero-order chi connectivity index (χ0) is 20.2. The first-order valence-electron chi connectivity index (χ1n) is 8.54. The Labute approximate surface area is 162 Å². The van der Waals surface area contributed by atoms with Gasteiger partial charge in [-0.05, 0) is 37.0 Å². The number of alkyl halides is 3. The minimum atomic E-state index is -4.79. The molecule has 0 radical (unpaired) electrons. The average molecular weight is 417 g/mol. The highest BCUT2D eigenvalue weighted by molar-refractivity contribution is 6.31. The van der Waals surface area contributed by atoms with Crippen molar-refractivity contribution in [1.29, 1.82) is 0 Å². The van der Waals surface area contributed by atoms with Gasteiger partial charge in [0.1, 0.15) is 5.82 Å². The van der Waals surface area contributed by atoms with Gasteiger partial charge in [-0.1, -0.05) is 11.6 Å². The lowest BCUT2D eigenvalue weighted by Crippen LogP contribution is -2.45. The van der Waals surface area contributed by atoms with E-state index in [1.54, 1.807) is 17.2 Å². The Morgan fingerprint density at radius 2 is 2.07 bits per heavy atom. The first kappa shape index (κ1) is 18.8. The number of hydrogen-bond donors (Lipinski definition) is 2. The maximum atomic E-state index is 14.2. The normalized spacial score (nSPS) is 20.8. The zero-order valence-electron chi connectivity index (χ0n) is 14.3. The number of urea groups is 1. The van der Waals surface area contributed by atoms with Crippen molar-refractivity contribution in [2.75, 3.05) is 5.32 Å². The highest BCUT2D eigenvalue weighted by Gasteiger charge is 2.44. The fraction of sp³-hybridized carbons (Fsp3) is 0.333. The Hall–Kier alpha value is -2.55. The van der Waals surface area contributed by atoms with Crippen molar-refractivity contribution in [2.24, 2.45) is 0 Å². The fourth-order valence-corrected chi connectivity index (χ4v) is 4.30. The van der Waals surface area contributed by atoms with E-state index in [1.165, 1.54) is 6.20 Å². The summed E-state index contributed by atoms with van der Waals surface area (Å²) in [7, 11) is 0. The lowest BCUT2D eigenvalue weighted by atomic mass is 9.95. The van der Waals surface area contributed by atoms with Gasteiger partial charge in [0.2, 0.25) is 12.4 Å². The average Bonchev–Trinajstić information content (AvgIpc) is 2.92. The fourth-order valence-electron chi connectivity index (χ4n) is 4.03. The number of rotatable bonds is 1. The van der Waals surface area contributed by atoms with Crippen LogP contribution in [0.1, 0.15) is 35.6 Å². The number of halogens is 5. The Morgan fingerprint density at radius 3 is 2.79 bits per heavy atom. The molecule has 1 fully saturated rings. The molecule has 1 aromatic carbocycles. The molecule has 2 bridgehead atoms. The topological polar surface area (TPSA) is 56.5 Å². The van der Waals surface area contributed by atoms with Crippen molar-refractivity contribution >= 4 is 23.3 Å². The van der Waals surface area contributed by atoms with Crippen LogP contribution in [0.4, 0.5) is 28.0 Å². The molecule has 1 aromatic heterocycles. The summed E-state index contributed by atoms with van der Waals surface area (Å²) in [5, 5.41) is 11.2. The molecular weight excluding hydrogens is 402 g/mol. The largest absolute Gasteiger partial charge is 0.417 e. The molecule has 0 spiro atoms. The molecule has 2 aliphatic rings. The monoisotopic (exact) mass is 416 g/mol. The molecule has 4 rings (SSSR count). The lowest BCUT2D eigenvalue weighted by molar-refractivity contribution is -0.905. The van der Waals surface area contributed by atoms with Gasteiger partial charge < -0.3 is 10.2 Å². The van der Waals surface area contributed by atoms with E-state index >= 15 is 0 Å². The number of nitrogens with one attached hydrogen (secondary N) is 1. The molecule has 0 aliphatic carbocycles. The predicted molar refractivity (Wildman–Crippen MR) is 90.6 cm³/mol. The van der Waals surface area contributed by atoms with Crippen LogP contribution in [0.15, 0.2) is 30.6 Å². The molecule has 1 saturated heterocycles. The van der Waals surface area contributed by atoms with Crippen LogP contribution < -0.4 is 10.0 Å². The van der Waals surface area contributed by atoms with Crippen LogP contribution in [0.5, 0.6) is 0 Å². The van der Waals surface area contributed by atoms with Crippen molar-refractivity contribution in [3.63, 3.8) is 0 Å². The van der Waals surface area contributed by atoms with Gasteiger partial charge in [-0.15, -0.1) is 0 Å². The van der Waals surface area contributed by atoms with Crippen molar-refractivity contribution in [1.82, 2.24) is 4.90 Å². The van der Waals surface area contributed by atoms with Crippen LogP contribution in [0.25, 0.3) is 0 Å². The number of aromatic nitrogens is 1. The number of anilines is 1. The van der Waals surface area contributed by atoms with Crippen LogP contribution in [-0.2, 0) is 12.6 Å². The van der Waals surface area contributed by atoms with Crippen LogP contribution in [0.2, 0.25) is 5.02 Å². The molecule has 3 heterocycles. The molecule has 0 unspecified atom stereocenters. The lowest BCUT2D eigenvalue weighted by Gasteiger charge is -2.35. The third-order valence-corrected chi connectivity index (χ3v) is 5.53. The van der Waals surface area contributed by atoms with E-state index in [0.717, 1.165) is 28.3 Å². The van der Waals surface area contributed by atoms with Crippen LogP contribution in [-0.4, -0.2) is 22.2 Å². The summed E-state index contributed by atoms with van der Waals surface area (Å²) in [4.78, 5) is 14.4. The number of hydrogen-bond acceptors (Lipinski definition) is 2. The molecule has 10 heteroatoms. The van der Waals surface area contributed by atoms with E-state index in [-0.39, 0.29) is 18.2 Å². The minimum Gasteiger partial charge on any atom is -0.314 e. The van der Waals surface area contributed by atoms with Crippen molar-refractivity contribution < 1.29 is 32.3 Å². The predicted octanol–water partition coefficient (Wildman–Crippen LogP) is 4.32. The van der Waals surface area contributed by atoms with E-state index in [4.69, 9.17) is 11.6 Å². The van der Waals surface area contributed by atoms with Crippen LogP contribution >= 0.6 is 11.6 Å².